The van der Waals surface area contributed by atoms with E-state index in [1.807, 2.05) is 32.0 Å². The molecule has 2 rings (SSSR count). The fourth-order valence-corrected chi connectivity index (χ4v) is 2.66. The van der Waals surface area contributed by atoms with Crippen molar-refractivity contribution in [3.63, 3.8) is 0 Å². The first-order valence-electron chi connectivity index (χ1n) is 7.36. The first kappa shape index (κ1) is 18.5. The number of amides is 2. The van der Waals surface area contributed by atoms with E-state index < -0.39 is 6.04 Å². The van der Waals surface area contributed by atoms with E-state index >= 15 is 0 Å². The number of carbonyl (C=O) groups is 2. The molecule has 0 saturated carbocycles. The van der Waals surface area contributed by atoms with E-state index in [9.17, 15) is 9.59 Å². The molecule has 1 aliphatic rings. The number of anilines is 2. The van der Waals surface area contributed by atoms with Crippen LogP contribution in [0.1, 0.15) is 32.8 Å². The van der Waals surface area contributed by atoms with Crippen LogP contribution in [0.3, 0.4) is 0 Å². The highest BCUT2D eigenvalue weighted by atomic mass is 35.5. The van der Waals surface area contributed by atoms with E-state index in [2.05, 4.69) is 5.32 Å². The van der Waals surface area contributed by atoms with Crippen molar-refractivity contribution in [3.8, 4) is 0 Å². The summed E-state index contributed by atoms with van der Waals surface area (Å²) in [7, 11) is 0. The van der Waals surface area contributed by atoms with Gasteiger partial charge in [0.25, 0.3) is 0 Å². The average Bonchev–Trinajstić information content (AvgIpc) is 2.80. The van der Waals surface area contributed by atoms with Gasteiger partial charge in [-0.25, -0.2) is 0 Å². The topological polar surface area (TPSA) is 75.4 Å². The third-order valence-corrected chi connectivity index (χ3v) is 3.68. The van der Waals surface area contributed by atoms with Crippen LogP contribution in [0.25, 0.3) is 0 Å². The Morgan fingerprint density at radius 2 is 2.05 bits per heavy atom. The Morgan fingerprint density at radius 1 is 1.36 bits per heavy atom. The highest BCUT2D eigenvalue weighted by molar-refractivity contribution is 5.97. The third kappa shape index (κ3) is 4.21. The van der Waals surface area contributed by atoms with Gasteiger partial charge >= 0.3 is 0 Å². The number of nitrogens with one attached hydrogen (secondary N) is 1. The lowest BCUT2D eigenvalue weighted by molar-refractivity contribution is -0.118. The maximum absolute atomic E-state index is 12.0. The third-order valence-electron chi connectivity index (χ3n) is 3.68. The van der Waals surface area contributed by atoms with Crippen LogP contribution in [0, 0.1) is 5.92 Å². The van der Waals surface area contributed by atoms with Crippen LogP contribution in [0.15, 0.2) is 18.2 Å². The molecule has 1 atom stereocenters. The molecule has 0 unspecified atom stereocenters. The van der Waals surface area contributed by atoms with Crippen molar-refractivity contribution in [2.24, 2.45) is 11.7 Å². The number of carbonyl (C=O) groups excluding carboxylic acids is 2. The normalized spacial score (nSPS) is 14.3. The highest BCUT2D eigenvalue weighted by Crippen LogP contribution is 2.30. The number of halogens is 1. The lowest BCUT2D eigenvalue weighted by Crippen LogP contribution is -2.36. The summed E-state index contributed by atoms with van der Waals surface area (Å²) in [6.07, 6.45) is 1.48. The summed E-state index contributed by atoms with van der Waals surface area (Å²) >= 11 is 0. The van der Waals surface area contributed by atoms with Crippen molar-refractivity contribution in [3.05, 3.63) is 23.8 Å². The second-order valence-corrected chi connectivity index (χ2v) is 5.99. The fraction of sp³-hybridized carbons (Fsp3) is 0.500. The Bertz CT molecular complexity index is 560. The average molecular weight is 326 g/mol. The Kier molecular flexibility index (Phi) is 6.38. The van der Waals surface area contributed by atoms with E-state index in [1.54, 1.807) is 11.8 Å². The number of fused-ring (bicyclic) bond motifs is 1. The minimum Gasteiger partial charge on any atom is -0.325 e. The van der Waals surface area contributed by atoms with Gasteiger partial charge in [0, 0.05) is 24.8 Å². The number of hydrogen-bond donors (Lipinski definition) is 2. The lowest BCUT2D eigenvalue weighted by atomic mass is 10.0. The molecule has 1 heterocycles. The Morgan fingerprint density at radius 3 is 2.64 bits per heavy atom. The van der Waals surface area contributed by atoms with E-state index in [-0.39, 0.29) is 24.2 Å². The van der Waals surface area contributed by atoms with Gasteiger partial charge in [-0.05, 0) is 42.5 Å². The van der Waals surface area contributed by atoms with Crippen LogP contribution in [0.5, 0.6) is 0 Å². The molecule has 0 spiro atoms. The minimum absolute atomic E-state index is 0. The van der Waals surface area contributed by atoms with Crippen LogP contribution in [-0.4, -0.2) is 24.4 Å². The van der Waals surface area contributed by atoms with Gasteiger partial charge in [-0.15, -0.1) is 12.4 Å². The van der Waals surface area contributed by atoms with E-state index in [1.165, 1.54) is 0 Å². The first-order valence-corrected chi connectivity index (χ1v) is 7.36. The number of nitrogens with zero attached hydrogens (tertiary/aromatic N) is 1. The number of benzene rings is 1. The zero-order valence-corrected chi connectivity index (χ0v) is 14.1. The molecule has 1 aromatic rings. The molecule has 2 amide bonds. The van der Waals surface area contributed by atoms with Crippen molar-refractivity contribution in [1.82, 2.24) is 0 Å². The van der Waals surface area contributed by atoms with Gasteiger partial charge < -0.3 is 16.0 Å². The molecule has 1 aromatic carbocycles. The molecule has 0 saturated heterocycles. The quantitative estimate of drug-likeness (QED) is 0.892. The molecular weight excluding hydrogens is 302 g/mol. The van der Waals surface area contributed by atoms with Crippen LogP contribution in [0.4, 0.5) is 11.4 Å². The van der Waals surface area contributed by atoms with Crippen molar-refractivity contribution in [2.45, 2.75) is 39.7 Å². The Hall–Kier alpha value is -1.59. The summed E-state index contributed by atoms with van der Waals surface area (Å²) in [4.78, 5) is 25.3. The van der Waals surface area contributed by atoms with Crippen molar-refractivity contribution in [2.75, 3.05) is 16.8 Å². The van der Waals surface area contributed by atoms with E-state index in [0.29, 0.717) is 18.9 Å². The zero-order valence-electron chi connectivity index (χ0n) is 13.3. The maximum atomic E-state index is 12.0. The van der Waals surface area contributed by atoms with Gasteiger partial charge in [0.2, 0.25) is 11.8 Å². The Balaban J connectivity index is 0.00000242. The number of rotatable bonds is 4. The summed E-state index contributed by atoms with van der Waals surface area (Å²) in [5, 5.41) is 2.85. The molecule has 0 aliphatic carbocycles. The van der Waals surface area contributed by atoms with Gasteiger partial charge in [0.1, 0.15) is 0 Å². The molecule has 122 valence electrons. The summed E-state index contributed by atoms with van der Waals surface area (Å²) in [6, 6.07) is 5.14. The number of nitrogens with two attached hydrogens (primary N) is 1. The molecule has 3 N–H and O–H groups in total. The van der Waals surface area contributed by atoms with Crippen molar-refractivity contribution in [1.29, 1.82) is 0 Å². The predicted octanol–water partition coefficient (Wildman–Crippen LogP) is 2.33. The van der Waals surface area contributed by atoms with Gasteiger partial charge in [-0.3, -0.25) is 9.59 Å². The van der Waals surface area contributed by atoms with E-state index in [0.717, 1.165) is 23.4 Å². The maximum Gasteiger partial charge on any atom is 0.241 e. The second kappa shape index (κ2) is 7.61. The molecule has 5 nitrogen and oxygen atoms in total. The van der Waals surface area contributed by atoms with Crippen LogP contribution in [0.2, 0.25) is 0 Å². The fourth-order valence-electron chi connectivity index (χ4n) is 2.66. The summed E-state index contributed by atoms with van der Waals surface area (Å²) in [6.45, 7) is 6.35. The Labute approximate surface area is 137 Å². The largest absolute Gasteiger partial charge is 0.325 e. The van der Waals surface area contributed by atoms with Gasteiger partial charge in [-0.1, -0.05) is 13.8 Å². The summed E-state index contributed by atoms with van der Waals surface area (Å²) in [5.41, 5.74) is 8.64. The molecule has 0 radical (unpaired) electrons. The molecular formula is C16H24ClN3O2. The molecule has 22 heavy (non-hydrogen) atoms. The zero-order chi connectivity index (χ0) is 15.6. The molecule has 1 aliphatic heterocycles. The molecule has 6 heteroatoms. The van der Waals surface area contributed by atoms with Crippen molar-refractivity contribution >= 4 is 35.6 Å². The highest BCUT2D eigenvalue weighted by Gasteiger charge is 2.23. The minimum atomic E-state index is -0.494. The van der Waals surface area contributed by atoms with Crippen LogP contribution >= 0.6 is 12.4 Å². The van der Waals surface area contributed by atoms with Crippen molar-refractivity contribution < 1.29 is 9.59 Å². The molecule has 0 bridgehead atoms. The summed E-state index contributed by atoms with van der Waals surface area (Å²) < 4.78 is 0. The van der Waals surface area contributed by atoms with Gasteiger partial charge in [0.15, 0.2) is 0 Å². The van der Waals surface area contributed by atoms with Gasteiger partial charge in [0.05, 0.1) is 6.04 Å². The second-order valence-electron chi connectivity index (χ2n) is 5.99. The lowest BCUT2D eigenvalue weighted by Gasteiger charge is -2.16. The molecule has 0 fully saturated rings. The van der Waals surface area contributed by atoms with E-state index in [4.69, 9.17) is 5.73 Å². The summed E-state index contributed by atoms with van der Waals surface area (Å²) in [5.74, 6) is 0.268. The standard InChI is InChI=1S/C16H23N3O2.ClH/c1-10(2)8-14(17)16(21)18-13-4-5-15-12(9-13)6-7-19(15)11(3)20;/h4-5,9-10,14H,6-8,17H2,1-3H3,(H,18,21);1H/t14-;/m0./s1. The predicted molar refractivity (Wildman–Crippen MR) is 91.5 cm³/mol. The monoisotopic (exact) mass is 325 g/mol. The smallest absolute Gasteiger partial charge is 0.241 e. The first-order chi connectivity index (χ1) is 9.88. The number of hydrogen-bond acceptors (Lipinski definition) is 3. The van der Waals surface area contributed by atoms with Crippen LogP contribution < -0.4 is 16.0 Å². The molecule has 0 aromatic heterocycles. The van der Waals surface area contributed by atoms with Crippen LogP contribution in [-0.2, 0) is 16.0 Å². The van der Waals surface area contributed by atoms with Gasteiger partial charge in [-0.2, -0.15) is 0 Å². The SMILES string of the molecule is CC(=O)N1CCc2cc(NC(=O)[C@@H](N)CC(C)C)ccc21.Cl.